The Labute approximate surface area is 89.8 Å². The van der Waals surface area contributed by atoms with Crippen LogP contribution in [0, 0.1) is 0 Å². The molecule has 0 aromatic carbocycles. The number of hydrogen-bond donors (Lipinski definition) is 1. The molecule has 2 N–H and O–H groups in total. The molecule has 0 aliphatic heterocycles. The van der Waals surface area contributed by atoms with Crippen LogP contribution in [0.5, 0.6) is 0 Å². The lowest BCUT2D eigenvalue weighted by Gasteiger charge is -2.00. The highest BCUT2D eigenvalue weighted by Crippen LogP contribution is 2.07. The molecule has 0 saturated heterocycles. The quantitative estimate of drug-likeness (QED) is 0.403. The summed E-state index contributed by atoms with van der Waals surface area (Å²) in [7, 11) is 0. The van der Waals surface area contributed by atoms with Crippen LogP contribution in [0.25, 0.3) is 0 Å². The number of carbonyl (C=O) groups is 2. The van der Waals surface area contributed by atoms with Gasteiger partial charge in [-0.1, -0.05) is 39.0 Å². The molecule has 0 saturated carbocycles. The number of rotatable bonds is 7. The SMILES string of the molecule is CCCCCCCCC(=O)OOC(N)=O. The van der Waals surface area contributed by atoms with Crippen molar-refractivity contribution in [3.63, 3.8) is 0 Å². The predicted octanol–water partition coefficient (Wildman–Crippen LogP) is 2.29. The molecule has 0 aliphatic carbocycles. The van der Waals surface area contributed by atoms with E-state index in [0.29, 0.717) is 0 Å². The van der Waals surface area contributed by atoms with Crippen molar-refractivity contribution in [1.82, 2.24) is 0 Å². The zero-order valence-electron chi connectivity index (χ0n) is 9.16. The van der Waals surface area contributed by atoms with Crippen LogP contribution in [0.15, 0.2) is 0 Å². The molecule has 1 amide bonds. The lowest BCUT2D eigenvalue weighted by atomic mass is 10.1. The van der Waals surface area contributed by atoms with Gasteiger partial charge in [0.1, 0.15) is 0 Å². The molecule has 0 rings (SSSR count). The van der Waals surface area contributed by atoms with Crippen molar-refractivity contribution < 1.29 is 19.4 Å². The number of carbonyl (C=O) groups excluding carboxylic acids is 2. The standard InChI is InChI=1S/C10H19NO4/c1-2-3-4-5-6-7-8-9(12)14-15-10(11)13/h2-8H2,1H3,(H2,11,13). The number of hydrogen-bond acceptors (Lipinski definition) is 4. The Morgan fingerprint density at radius 2 is 1.60 bits per heavy atom. The summed E-state index contributed by atoms with van der Waals surface area (Å²) in [5.41, 5.74) is 4.61. The van der Waals surface area contributed by atoms with Crippen molar-refractivity contribution in [2.75, 3.05) is 0 Å². The first kappa shape index (κ1) is 13.7. The maximum atomic E-state index is 10.9. The number of primary amides is 1. The fourth-order valence-electron chi connectivity index (χ4n) is 1.18. The van der Waals surface area contributed by atoms with Gasteiger partial charge in [-0.05, 0) is 6.42 Å². The Kier molecular flexibility index (Phi) is 8.52. The van der Waals surface area contributed by atoms with Crippen LogP contribution in [0.4, 0.5) is 4.79 Å². The summed E-state index contributed by atoms with van der Waals surface area (Å²) >= 11 is 0. The molecule has 5 nitrogen and oxygen atoms in total. The molecule has 0 atom stereocenters. The van der Waals surface area contributed by atoms with E-state index >= 15 is 0 Å². The lowest BCUT2D eigenvalue weighted by Crippen LogP contribution is -2.16. The van der Waals surface area contributed by atoms with E-state index in [0.717, 1.165) is 19.3 Å². The predicted molar refractivity (Wildman–Crippen MR) is 54.8 cm³/mol. The molecule has 0 heterocycles. The molecule has 15 heavy (non-hydrogen) atoms. The second kappa shape index (κ2) is 9.30. The van der Waals surface area contributed by atoms with Crippen LogP contribution in [-0.4, -0.2) is 12.1 Å². The highest BCUT2D eigenvalue weighted by molar-refractivity contribution is 5.71. The first-order chi connectivity index (χ1) is 7.16. The van der Waals surface area contributed by atoms with E-state index in [4.69, 9.17) is 0 Å². The Morgan fingerprint density at radius 3 is 2.20 bits per heavy atom. The maximum Gasteiger partial charge on any atom is 0.447 e. The van der Waals surface area contributed by atoms with Gasteiger partial charge in [-0.15, -0.1) is 0 Å². The molecular weight excluding hydrogens is 198 g/mol. The number of nitrogens with two attached hydrogens (primary N) is 1. The van der Waals surface area contributed by atoms with Crippen molar-refractivity contribution in [3.05, 3.63) is 0 Å². The minimum absolute atomic E-state index is 0.263. The zero-order valence-corrected chi connectivity index (χ0v) is 9.16. The monoisotopic (exact) mass is 217 g/mol. The van der Waals surface area contributed by atoms with Crippen LogP contribution >= 0.6 is 0 Å². The minimum Gasteiger partial charge on any atom is -0.332 e. The molecule has 0 bridgehead atoms. The van der Waals surface area contributed by atoms with Gasteiger partial charge in [-0.25, -0.2) is 19.4 Å². The second-order valence-electron chi connectivity index (χ2n) is 3.38. The fourth-order valence-corrected chi connectivity index (χ4v) is 1.18. The van der Waals surface area contributed by atoms with Crippen LogP contribution < -0.4 is 5.73 Å². The van der Waals surface area contributed by atoms with Gasteiger partial charge in [0.2, 0.25) is 0 Å². The third-order valence-electron chi connectivity index (χ3n) is 1.95. The van der Waals surface area contributed by atoms with Gasteiger partial charge in [0.05, 0.1) is 6.42 Å². The van der Waals surface area contributed by atoms with Gasteiger partial charge in [0.15, 0.2) is 0 Å². The van der Waals surface area contributed by atoms with Gasteiger partial charge < -0.3 is 5.73 Å². The third-order valence-corrected chi connectivity index (χ3v) is 1.95. The van der Waals surface area contributed by atoms with Crippen molar-refractivity contribution >= 4 is 12.1 Å². The first-order valence-electron chi connectivity index (χ1n) is 5.33. The van der Waals surface area contributed by atoms with Crippen molar-refractivity contribution in [3.8, 4) is 0 Å². The molecule has 0 aromatic heterocycles. The third kappa shape index (κ3) is 10.7. The fraction of sp³-hybridized carbons (Fsp3) is 0.800. The topological polar surface area (TPSA) is 78.6 Å². The average molecular weight is 217 g/mol. The van der Waals surface area contributed by atoms with E-state index < -0.39 is 12.1 Å². The molecule has 0 radical (unpaired) electrons. The van der Waals surface area contributed by atoms with E-state index in [9.17, 15) is 9.59 Å². The summed E-state index contributed by atoms with van der Waals surface area (Å²) in [5, 5.41) is 0. The van der Waals surface area contributed by atoms with E-state index in [1.54, 1.807) is 0 Å². The molecule has 0 unspecified atom stereocenters. The Morgan fingerprint density at radius 1 is 1.00 bits per heavy atom. The summed E-state index contributed by atoms with van der Waals surface area (Å²) in [5.74, 6) is -0.552. The molecule has 0 spiro atoms. The van der Waals surface area contributed by atoms with Gasteiger partial charge in [-0.2, -0.15) is 0 Å². The van der Waals surface area contributed by atoms with Gasteiger partial charge in [-0.3, -0.25) is 0 Å². The highest BCUT2D eigenvalue weighted by Gasteiger charge is 2.05. The van der Waals surface area contributed by atoms with Crippen molar-refractivity contribution in [2.24, 2.45) is 5.73 Å². The van der Waals surface area contributed by atoms with Gasteiger partial charge in [0.25, 0.3) is 0 Å². The minimum atomic E-state index is -1.11. The number of amides is 1. The van der Waals surface area contributed by atoms with Crippen molar-refractivity contribution in [1.29, 1.82) is 0 Å². The Balaban J connectivity index is 3.20. The zero-order chi connectivity index (χ0) is 11.5. The van der Waals surface area contributed by atoms with Gasteiger partial charge >= 0.3 is 12.1 Å². The van der Waals surface area contributed by atoms with Crippen LogP contribution in [0.3, 0.4) is 0 Å². The van der Waals surface area contributed by atoms with Crippen LogP contribution in [0.1, 0.15) is 51.9 Å². The smallest absolute Gasteiger partial charge is 0.332 e. The van der Waals surface area contributed by atoms with Crippen LogP contribution in [-0.2, 0) is 14.6 Å². The van der Waals surface area contributed by atoms with E-state index in [1.807, 2.05) is 0 Å². The molecule has 0 fully saturated rings. The molecule has 88 valence electrons. The van der Waals surface area contributed by atoms with Crippen LogP contribution in [0.2, 0.25) is 0 Å². The Bertz CT molecular complexity index is 194. The first-order valence-corrected chi connectivity index (χ1v) is 5.33. The average Bonchev–Trinajstić information content (AvgIpc) is 2.20. The second-order valence-corrected chi connectivity index (χ2v) is 3.38. The normalized spacial score (nSPS) is 9.67. The summed E-state index contributed by atoms with van der Waals surface area (Å²) < 4.78 is 0. The van der Waals surface area contributed by atoms with Crippen molar-refractivity contribution in [2.45, 2.75) is 51.9 Å². The van der Waals surface area contributed by atoms with E-state index in [1.165, 1.54) is 19.3 Å². The maximum absolute atomic E-state index is 10.9. The summed E-state index contributed by atoms with van der Waals surface area (Å²) in [6.45, 7) is 2.15. The summed E-state index contributed by atoms with van der Waals surface area (Å²) in [4.78, 5) is 29.0. The Hall–Kier alpha value is -1.26. The van der Waals surface area contributed by atoms with E-state index in [2.05, 4.69) is 22.4 Å². The highest BCUT2D eigenvalue weighted by atomic mass is 17.2. The van der Waals surface area contributed by atoms with E-state index in [-0.39, 0.29) is 6.42 Å². The molecule has 5 heteroatoms. The number of unbranched alkanes of at least 4 members (excludes halogenated alkanes) is 5. The van der Waals surface area contributed by atoms with Gasteiger partial charge in [0, 0.05) is 0 Å². The largest absolute Gasteiger partial charge is 0.447 e. The lowest BCUT2D eigenvalue weighted by molar-refractivity contribution is -0.230. The summed E-state index contributed by atoms with van der Waals surface area (Å²) in [6, 6.07) is 0. The molecule has 0 aliphatic rings. The molecule has 0 aromatic rings. The molecular formula is C10H19NO4. The summed E-state index contributed by atoms with van der Waals surface area (Å²) in [6.07, 6.45) is 5.66.